The molecule has 1 aromatic carbocycles. The number of thioether (sulfide) groups is 1. The molecule has 0 saturated heterocycles. The van der Waals surface area contributed by atoms with Crippen LogP contribution >= 0.6 is 11.8 Å². The second-order valence-electron chi connectivity index (χ2n) is 9.07. The summed E-state index contributed by atoms with van der Waals surface area (Å²) in [6, 6.07) is 1.24. The quantitative estimate of drug-likeness (QED) is 0.111. The zero-order chi connectivity index (χ0) is 29.7. The van der Waals surface area contributed by atoms with Gasteiger partial charge in [0.15, 0.2) is 0 Å². The number of aromatic hydroxyl groups is 1. The number of H-pyrrole nitrogens is 1. The van der Waals surface area contributed by atoms with E-state index in [1.165, 1.54) is 36.4 Å². The summed E-state index contributed by atoms with van der Waals surface area (Å²) in [7, 11) is 0. The number of hydrogen-bond acceptors (Lipinski definition) is 9. The molecule has 0 aliphatic rings. The van der Waals surface area contributed by atoms with E-state index < -0.39 is 53.8 Å². The lowest BCUT2D eigenvalue weighted by molar-refractivity contribution is -0.142. The molecule has 1 heterocycles. The van der Waals surface area contributed by atoms with Crippen molar-refractivity contribution in [3.63, 3.8) is 0 Å². The number of primary amides is 1. The summed E-state index contributed by atoms with van der Waals surface area (Å²) in [5.41, 5.74) is 12.1. The molecule has 1 aromatic heterocycles. The number of nitrogens with two attached hydrogens (primary N) is 2. The molecule has 10 N–H and O–H groups in total. The first-order valence-corrected chi connectivity index (χ1v) is 13.8. The van der Waals surface area contributed by atoms with Crippen molar-refractivity contribution < 1.29 is 34.2 Å². The van der Waals surface area contributed by atoms with Crippen molar-refractivity contribution >= 4 is 41.4 Å². The molecule has 15 heteroatoms. The number of aromatic amines is 1. The SMILES string of the molecule is CSCCC(NC(=O)C(Cc1cnc[nH]1)NC(=O)C(N)CCC(N)=O)C(=O)NC(Cc1ccc(O)cc1)C(=O)O. The number of carboxylic acid groups (broad SMARTS) is 1. The third kappa shape index (κ3) is 10.9. The van der Waals surface area contributed by atoms with Gasteiger partial charge in [-0.25, -0.2) is 9.78 Å². The molecule has 2 aromatic rings. The molecule has 4 amide bonds. The topological polar surface area (TPSA) is 243 Å². The highest BCUT2D eigenvalue weighted by Crippen LogP contribution is 2.12. The molecule has 0 aliphatic heterocycles. The van der Waals surface area contributed by atoms with Gasteiger partial charge in [-0.2, -0.15) is 11.8 Å². The second-order valence-corrected chi connectivity index (χ2v) is 10.1. The zero-order valence-electron chi connectivity index (χ0n) is 22.0. The average Bonchev–Trinajstić information content (AvgIpc) is 3.42. The number of aliphatic carboxylic acids is 1. The van der Waals surface area contributed by atoms with E-state index in [0.29, 0.717) is 17.0 Å². The summed E-state index contributed by atoms with van der Waals surface area (Å²) in [6.07, 6.45) is 4.69. The van der Waals surface area contributed by atoms with Crippen molar-refractivity contribution in [2.24, 2.45) is 11.5 Å². The Morgan fingerprint density at radius 2 is 1.57 bits per heavy atom. The number of hydrogen-bond donors (Lipinski definition) is 8. The van der Waals surface area contributed by atoms with Gasteiger partial charge in [-0.1, -0.05) is 12.1 Å². The van der Waals surface area contributed by atoms with Crippen LogP contribution in [0, 0.1) is 0 Å². The number of carboxylic acids is 1. The number of phenols is 1. The first-order chi connectivity index (χ1) is 19.0. The first-order valence-electron chi connectivity index (χ1n) is 12.4. The van der Waals surface area contributed by atoms with Crippen LogP contribution < -0.4 is 27.4 Å². The van der Waals surface area contributed by atoms with Gasteiger partial charge in [0.1, 0.15) is 23.9 Å². The number of rotatable bonds is 17. The van der Waals surface area contributed by atoms with E-state index >= 15 is 0 Å². The summed E-state index contributed by atoms with van der Waals surface area (Å²) in [5, 5.41) is 26.8. The largest absolute Gasteiger partial charge is 0.508 e. The van der Waals surface area contributed by atoms with Crippen LogP contribution in [-0.4, -0.2) is 86.0 Å². The molecule has 0 spiro atoms. The number of benzene rings is 1. The smallest absolute Gasteiger partial charge is 0.326 e. The molecular weight excluding hydrogens is 542 g/mol. The number of imidazole rings is 1. The Kier molecular flexibility index (Phi) is 12.9. The predicted octanol–water partition coefficient (Wildman–Crippen LogP) is -1.21. The highest BCUT2D eigenvalue weighted by molar-refractivity contribution is 7.98. The van der Waals surface area contributed by atoms with Crippen molar-refractivity contribution in [3.8, 4) is 5.75 Å². The van der Waals surface area contributed by atoms with Gasteiger partial charge in [0.25, 0.3) is 0 Å². The zero-order valence-corrected chi connectivity index (χ0v) is 22.8. The molecule has 0 bridgehead atoms. The van der Waals surface area contributed by atoms with E-state index in [1.54, 1.807) is 12.1 Å². The number of amides is 4. The van der Waals surface area contributed by atoms with Crippen molar-refractivity contribution in [3.05, 3.63) is 48.0 Å². The summed E-state index contributed by atoms with van der Waals surface area (Å²) < 4.78 is 0. The van der Waals surface area contributed by atoms with E-state index in [-0.39, 0.29) is 37.9 Å². The summed E-state index contributed by atoms with van der Waals surface area (Å²) in [4.78, 5) is 68.8. The molecular formula is C25H35N7O7S. The van der Waals surface area contributed by atoms with Gasteiger partial charge in [-0.05, 0) is 42.5 Å². The highest BCUT2D eigenvalue weighted by atomic mass is 32.2. The molecule has 218 valence electrons. The Hall–Kier alpha value is -4.11. The lowest BCUT2D eigenvalue weighted by Crippen LogP contribution is -2.58. The van der Waals surface area contributed by atoms with Gasteiger partial charge in [-0.3, -0.25) is 19.2 Å². The van der Waals surface area contributed by atoms with Crippen LogP contribution in [0.3, 0.4) is 0 Å². The van der Waals surface area contributed by atoms with Gasteiger partial charge in [0.05, 0.1) is 12.4 Å². The number of carbonyl (C=O) groups is 5. The maximum atomic E-state index is 13.3. The van der Waals surface area contributed by atoms with Crippen molar-refractivity contribution in [1.82, 2.24) is 25.9 Å². The normalized spacial score (nSPS) is 13.8. The van der Waals surface area contributed by atoms with Gasteiger partial charge >= 0.3 is 5.97 Å². The van der Waals surface area contributed by atoms with Gasteiger partial charge < -0.3 is 42.6 Å². The fraction of sp³-hybridized carbons (Fsp3) is 0.440. The molecule has 40 heavy (non-hydrogen) atoms. The summed E-state index contributed by atoms with van der Waals surface area (Å²) >= 11 is 1.43. The Balaban J connectivity index is 2.16. The maximum Gasteiger partial charge on any atom is 0.326 e. The van der Waals surface area contributed by atoms with Crippen LogP contribution in [0.1, 0.15) is 30.5 Å². The molecule has 2 rings (SSSR count). The Morgan fingerprint density at radius 3 is 2.15 bits per heavy atom. The van der Waals surface area contributed by atoms with Crippen LogP contribution in [0.25, 0.3) is 0 Å². The molecule has 0 fully saturated rings. The molecule has 14 nitrogen and oxygen atoms in total. The first kappa shape index (κ1) is 32.1. The fourth-order valence-electron chi connectivity index (χ4n) is 3.65. The molecule has 4 atom stereocenters. The standard InChI is InChI=1S/C25H35N7O7S/c1-40-9-8-18(23(36)32-20(25(38)39)10-14-2-4-16(33)5-3-14)30-24(37)19(11-15-12-28-13-29-15)31-22(35)17(26)6-7-21(27)34/h2-5,12-13,17-20,33H,6-11,26H2,1H3,(H2,27,34)(H,28,29)(H,30,37)(H,31,35)(H,32,36)(H,38,39). The van der Waals surface area contributed by atoms with E-state index in [1.807, 2.05) is 6.26 Å². The van der Waals surface area contributed by atoms with Crippen molar-refractivity contribution in [2.45, 2.75) is 56.3 Å². The highest BCUT2D eigenvalue weighted by Gasteiger charge is 2.30. The van der Waals surface area contributed by atoms with Crippen molar-refractivity contribution in [2.75, 3.05) is 12.0 Å². The Labute approximate surface area is 235 Å². The van der Waals surface area contributed by atoms with Crippen LogP contribution in [-0.2, 0) is 36.8 Å². The van der Waals surface area contributed by atoms with Crippen molar-refractivity contribution in [1.29, 1.82) is 0 Å². The van der Waals surface area contributed by atoms with E-state index in [2.05, 4.69) is 25.9 Å². The fourth-order valence-corrected chi connectivity index (χ4v) is 4.12. The van der Waals surface area contributed by atoms with E-state index in [4.69, 9.17) is 11.5 Å². The number of aromatic nitrogens is 2. The minimum atomic E-state index is -1.30. The van der Waals surface area contributed by atoms with E-state index in [0.717, 1.165) is 0 Å². The Morgan fingerprint density at radius 1 is 0.950 bits per heavy atom. The van der Waals surface area contributed by atoms with Gasteiger partial charge in [-0.15, -0.1) is 0 Å². The number of phenolic OH excluding ortho intramolecular Hbond substituents is 1. The minimum absolute atomic E-state index is 0.00438. The van der Waals surface area contributed by atoms with Crippen LogP contribution in [0.15, 0.2) is 36.8 Å². The lowest BCUT2D eigenvalue weighted by Gasteiger charge is -2.25. The Bertz CT molecular complexity index is 1140. The predicted molar refractivity (Wildman–Crippen MR) is 147 cm³/mol. The van der Waals surface area contributed by atoms with E-state index in [9.17, 15) is 34.2 Å². The maximum absolute atomic E-state index is 13.3. The van der Waals surface area contributed by atoms with Gasteiger partial charge in [0.2, 0.25) is 23.6 Å². The third-order valence-corrected chi connectivity index (χ3v) is 6.53. The average molecular weight is 578 g/mol. The van der Waals surface area contributed by atoms with Gasteiger partial charge in [0, 0.05) is 31.2 Å². The number of carbonyl (C=O) groups excluding carboxylic acids is 4. The molecule has 4 unspecified atom stereocenters. The monoisotopic (exact) mass is 577 g/mol. The van der Waals surface area contributed by atoms with Crippen LogP contribution in [0.4, 0.5) is 0 Å². The van der Waals surface area contributed by atoms with Crippen LogP contribution in [0.5, 0.6) is 5.75 Å². The molecule has 0 radical (unpaired) electrons. The summed E-state index contributed by atoms with van der Waals surface area (Å²) in [6.45, 7) is 0. The third-order valence-electron chi connectivity index (χ3n) is 5.88. The second kappa shape index (κ2) is 16.1. The molecule has 0 saturated carbocycles. The lowest BCUT2D eigenvalue weighted by atomic mass is 10.0. The van der Waals surface area contributed by atoms with Crippen LogP contribution in [0.2, 0.25) is 0 Å². The number of nitrogens with zero attached hydrogens (tertiary/aromatic N) is 1. The minimum Gasteiger partial charge on any atom is -0.508 e. The summed E-state index contributed by atoms with van der Waals surface area (Å²) in [5.74, 6) is -3.50. The number of nitrogens with one attached hydrogen (secondary N) is 4. The molecule has 0 aliphatic carbocycles.